The van der Waals surface area contributed by atoms with Gasteiger partial charge in [-0.05, 0) is 12.1 Å². The molecule has 3 aromatic rings. The maximum absolute atomic E-state index is 11.1. The number of ether oxygens (including phenoxy) is 2. The van der Waals surface area contributed by atoms with E-state index >= 15 is 0 Å². The van der Waals surface area contributed by atoms with Crippen LogP contribution in [0.1, 0.15) is 19.4 Å². The second kappa shape index (κ2) is 6.76. The van der Waals surface area contributed by atoms with Crippen molar-refractivity contribution in [2.45, 2.75) is 19.3 Å². The van der Waals surface area contributed by atoms with Gasteiger partial charge in [0.15, 0.2) is 0 Å². The van der Waals surface area contributed by atoms with Gasteiger partial charge in [0.2, 0.25) is 0 Å². The summed E-state index contributed by atoms with van der Waals surface area (Å²) < 4.78 is 11.6. The summed E-state index contributed by atoms with van der Waals surface area (Å²) in [7, 11) is 0. The van der Waals surface area contributed by atoms with Gasteiger partial charge in [-0.3, -0.25) is 15.1 Å². The predicted molar refractivity (Wildman–Crippen MR) is 101 cm³/mol. The van der Waals surface area contributed by atoms with Crippen molar-refractivity contribution >= 4 is 17.1 Å². The van der Waals surface area contributed by atoms with Crippen LogP contribution in [0.2, 0.25) is 0 Å². The van der Waals surface area contributed by atoms with Crippen LogP contribution >= 0.6 is 0 Å². The number of fused-ring (bicyclic) bond motifs is 1. The first-order valence-corrected chi connectivity index (χ1v) is 8.56. The van der Waals surface area contributed by atoms with E-state index in [0.29, 0.717) is 18.0 Å². The van der Waals surface area contributed by atoms with Gasteiger partial charge in [-0.25, -0.2) is 9.97 Å². The number of nitrogens with zero attached hydrogens (tertiary/aromatic N) is 4. The average Bonchev–Trinajstić information content (AvgIpc) is 2.99. The lowest BCUT2D eigenvalue weighted by Crippen LogP contribution is -2.19. The predicted octanol–water partition coefficient (Wildman–Crippen LogP) is 3.99. The highest BCUT2D eigenvalue weighted by atomic mass is 16.6. The summed E-state index contributed by atoms with van der Waals surface area (Å²) in [5.74, 6) is 1.44. The third kappa shape index (κ3) is 3.29. The largest absolute Gasteiger partial charge is 0.492 e. The van der Waals surface area contributed by atoms with E-state index in [1.165, 1.54) is 30.9 Å². The lowest BCUT2D eigenvalue weighted by Gasteiger charge is -2.18. The van der Waals surface area contributed by atoms with Crippen LogP contribution in [0.4, 0.5) is 17.1 Å². The quantitative estimate of drug-likeness (QED) is 0.523. The first-order valence-electron chi connectivity index (χ1n) is 8.56. The third-order valence-electron chi connectivity index (χ3n) is 4.36. The van der Waals surface area contributed by atoms with Crippen LogP contribution < -0.4 is 14.8 Å². The summed E-state index contributed by atoms with van der Waals surface area (Å²) in [6, 6.07) is 7.10. The van der Waals surface area contributed by atoms with Crippen molar-refractivity contribution in [3.63, 3.8) is 0 Å². The molecule has 1 aromatic carbocycles. The van der Waals surface area contributed by atoms with Gasteiger partial charge < -0.3 is 14.8 Å². The van der Waals surface area contributed by atoms with Crippen LogP contribution in [-0.2, 0) is 5.41 Å². The molecule has 3 heterocycles. The zero-order chi connectivity index (χ0) is 19.7. The molecule has 142 valence electrons. The molecular formula is C19H17N5O4. The average molecular weight is 379 g/mol. The van der Waals surface area contributed by atoms with Crippen LogP contribution in [0.15, 0.2) is 49.1 Å². The maximum atomic E-state index is 11.1. The second-order valence-electron chi connectivity index (χ2n) is 6.93. The monoisotopic (exact) mass is 379 g/mol. The van der Waals surface area contributed by atoms with Gasteiger partial charge in [0, 0.05) is 23.2 Å². The first-order chi connectivity index (χ1) is 13.4. The van der Waals surface area contributed by atoms with Crippen LogP contribution in [0.5, 0.6) is 17.5 Å². The highest BCUT2D eigenvalue weighted by Gasteiger charge is 2.35. The number of hydrogen-bond donors (Lipinski definition) is 1. The molecule has 1 aliphatic rings. The zero-order valence-corrected chi connectivity index (χ0v) is 15.2. The van der Waals surface area contributed by atoms with Gasteiger partial charge in [-0.1, -0.05) is 19.9 Å². The van der Waals surface area contributed by atoms with E-state index in [9.17, 15) is 10.1 Å². The van der Waals surface area contributed by atoms with Crippen molar-refractivity contribution in [2.24, 2.45) is 0 Å². The number of rotatable bonds is 5. The highest BCUT2D eigenvalue weighted by Crippen LogP contribution is 2.44. The lowest BCUT2D eigenvalue weighted by molar-refractivity contribution is -0.384. The fourth-order valence-electron chi connectivity index (χ4n) is 3.04. The van der Waals surface area contributed by atoms with Gasteiger partial charge in [0.05, 0.1) is 35.8 Å². The first kappa shape index (κ1) is 17.7. The SMILES string of the molecule is CC1(C)COc2cccc(Oc3ncc(Nc4cnccc4[N+](=O)[O-])cn3)c21. The molecule has 4 rings (SSSR count). The topological polar surface area (TPSA) is 112 Å². The molecule has 0 fully saturated rings. The van der Waals surface area contributed by atoms with E-state index in [0.717, 1.165) is 11.3 Å². The van der Waals surface area contributed by atoms with E-state index < -0.39 is 4.92 Å². The van der Waals surface area contributed by atoms with Gasteiger partial charge in [-0.15, -0.1) is 0 Å². The zero-order valence-electron chi connectivity index (χ0n) is 15.2. The number of aromatic nitrogens is 3. The fraction of sp³-hybridized carbons (Fsp3) is 0.211. The van der Waals surface area contributed by atoms with Crippen molar-refractivity contribution in [2.75, 3.05) is 11.9 Å². The highest BCUT2D eigenvalue weighted by molar-refractivity contribution is 5.67. The molecule has 2 aromatic heterocycles. The number of hydrogen-bond acceptors (Lipinski definition) is 8. The molecule has 1 N–H and O–H groups in total. The molecule has 28 heavy (non-hydrogen) atoms. The van der Waals surface area contributed by atoms with Gasteiger partial charge in [0.1, 0.15) is 17.2 Å². The summed E-state index contributed by atoms with van der Waals surface area (Å²) in [5.41, 5.74) is 1.45. The van der Waals surface area contributed by atoms with Crippen LogP contribution in [0, 0.1) is 10.1 Å². The Kier molecular flexibility index (Phi) is 4.26. The molecule has 9 heteroatoms. The molecule has 0 amide bonds. The molecule has 0 radical (unpaired) electrons. The number of nitro groups is 1. The Morgan fingerprint density at radius 3 is 2.75 bits per heavy atom. The third-order valence-corrected chi connectivity index (χ3v) is 4.36. The van der Waals surface area contributed by atoms with Crippen molar-refractivity contribution in [1.82, 2.24) is 15.0 Å². The number of pyridine rings is 1. The molecule has 0 aliphatic carbocycles. The minimum atomic E-state index is -0.484. The number of anilines is 2. The maximum Gasteiger partial charge on any atom is 0.322 e. The van der Waals surface area contributed by atoms with Gasteiger partial charge in [0.25, 0.3) is 5.69 Å². The Labute approximate surface area is 160 Å². The Bertz CT molecular complexity index is 1040. The summed E-state index contributed by atoms with van der Waals surface area (Å²) in [6.07, 6.45) is 5.71. The Morgan fingerprint density at radius 2 is 2.00 bits per heavy atom. The van der Waals surface area contributed by atoms with Crippen LogP contribution in [0.25, 0.3) is 0 Å². The molecule has 0 saturated heterocycles. The molecule has 0 bridgehead atoms. The smallest absolute Gasteiger partial charge is 0.322 e. The van der Waals surface area contributed by atoms with Crippen molar-refractivity contribution in [3.8, 4) is 17.5 Å². The van der Waals surface area contributed by atoms with E-state index in [1.807, 2.05) is 18.2 Å². The molecule has 9 nitrogen and oxygen atoms in total. The van der Waals surface area contributed by atoms with Crippen molar-refractivity contribution < 1.29 is 14.4 Å². The lowest BCUT2D eigenvalue weighted by atomic mass is 9.86. The van der Waals surface area contributed by atoms with E-state index in [4.69, 9.17) is 9.47 Å². The van der Waals surface area contributed by atoms with E-state index in [-0.39, 0.29) is 22.8 Å². The second-order valence-corrected chi connectivity index (χ2v) is 6.93. The number of nitrogens with one attached hydrogen (secondary N) is 1. The van der Waals surface area contributed by atoms with Crippen molar-refractivity contribution in [1.29, 1.82) is 0 Å². The van der Waals surface area contributed by atoms with Crippen LogP contribution in [0.3, 0.4) is 0 Å². The Morgan fingerprint density at radius 1 is 1.21 bits per heavy atom. The standard InChI is InChI=1S/C19H17N5O4/c1-19(2)11-27-15-4-3-5-16(17(15)19)28-18-21-8-12(9-22-18)23-13-10-20-7-6-14(13)24(25)26/h3-10,23H,11H2,1-2H3. The van der Waals surface area contributed by atoms with Crippen LogP contribution in [-0.4, -0.2) is 26.5 Å². The molecule has 1 aliphatic heterocycles. The molecule has 0 atom stereocenters. The van der Waals surface area contributed by atoms with Gasteiger partial charge in [-0.2, -0.15) is 0 Å². The van der Waals surface area contributed by atoms with Gasteiger partial charge >= 0.3 is 6.01 Å². The Hall–Kier alpha value is -3.75. The Balaban J connectivity index is 1.55. The number of benzene rings is 1. The fourth-order valence-corrected chi connectivity index (χ4v) is 3.04. The molecular weight excluding hydrogens is 362 g/mol. The minimum Gasteiger partial charge on any atom is -0.492 e. The summed E-state index contributed by atoms with van der Waals surface area (Å²) in [5, 5.41) is 14.0. The molecule has 0 saturated carbocycles. The normalized spacial score (nSPS) is 14.1. The van der Waals surface area contributed by atoms with E-state index in [2.05, 4.69) is 34.1 Å². The molecule has 0 unspecified atom stereocenters. The van der Waals surface area contributed by atoms with Crippen molar-refractivity contribution in [3.05, 3.63) is 64.7 Å². The molecule has 0 spiro atoms. The minimum absolute atomic E-state index is 0.0857. The summed E-state index contributed by atoms with van der Waals surface area (Å²) in [6.45, 7) is 4.75. The summed E-state index contributed by atoms with van der Waals surface area (Å²) in [4.78, 5) is 22.9. The summed E-state index contributed by atoms with van der Waals surface area (Å²) >= 11 is 0. The van der Waals surface area contributed by atoms with E-state index in [1.54, 1.807) is 0 Å².